The van der Waals surface area contributed by atoms with Gasteiger partial charge in [0, 0.05) is 47.6 Å². The van der Waals surface area contributed by atoms with Gasteiger partial charge < -0.3 is 15.2 Å². The average molecular weight is 597 g/mol. The van der Waals surface area contributed by atoms with Crippen molar-refractivity contribution in [3.05, 3.63) is 113 Å². The molecule has 2 aromatic heterocycles. The zero-order valence-electron chi connectivity index (χ0n) is 27.0. The molecule has 2 bridgehead atoms. The first-order valence-electron chi connectivity index (χ1n) is 16.5. The Bertz CT molecular complexity index is 1800. The molecule has 45 heavy (non-hydrogen) atoms. The lowest BCUT2D eigenvalue weighted by atomic mass is 9.82. The highest BCUT2D eigenvalue weighted by Gasteiger charge is 2.46. The number of pyridine rings is 1. The fourth-order valence-electron chi connectivity index (χ4n) is 7.75. The summed E-state index contributed by atoms with van der Waals surface area (Å²) in [5.74, 6) is 0.287. The number of benzene rings is 3. The highest BCUT2D eigenvalue weighted by molar-refractivity contribution is 5.94. The number of aromatic nitrogens is 2. The van der Waals surface area contributed by atoms with Crippen LogP contribution in [0.4, 0.5) is 0 Å². The number of nitrogens with zero attached hydrogens (tertiary/aromatic N) is 2. The van der Waals surface area contributed by atoms with E-state index in [9.17, 15) is 4.79 Å². The molecule has 0 unspecified atom stereocenters. The third-order valence-electron chi connectivity index (χ3n) is 10.2. The fourth-order valence-corrected chi connectivity index (χ4v) is 7.75. The Kier molecular flexibility index (Phi) is 7.83. The highest BCUT2D eigenvalue weighted by atomic mass is 16.2. The Morgan fingerprint density at radius 2 is 1.60 bits per heavy atom. The Balaban J connectivity index is 1.15. The minimum Gasteiger partial charge on any atom is -0.354 e. The van der Waals surface area contributed by atoms with E-state index in [0.717, 1.165) is 61.8 Å². The van der Waals surface area contributed by atoms with Crippen LogP contribution in [0.15, 0.2) is 85.2 Å². The maximum atomic E-state index is 14.0. The normalized spacial score (nSPS) is 17.8. The molecule has 5 nitrogen and oxygen atoms in total. The van der Waals surface area contributed by atoms with Gasteiger partial charge in [-0.15, -0.1) is 0 Å². The molecule has 0 atom stereocenters. The van der Waals surface area contributed by atoms with Gasteiger partial charge in [-0.3, -0.25) is 9.78 Å². The van der Waals surface area contributed by atoms with Gasteiger partial charge in [0.2, 0.25) is 5.91 Å². The van der Waals surface area contributed by atoms with E-state index in [1.165, 1.54) is 44.5 Å². The maximum absolute atomic E-state index is 14.0. The molecule has 5 heteroatoms. The summed E-state index contributed by atoms with van der Waals surface area (Å²) >= 11 is 0. The second kappa shape index (κ2) is 11.9. The summed E-state index contributed by atoms with van der Waals surface area (Å²) in [5, 5.41) is 4.91. The number of hydrogen-bond acceptors (Lipinski definition) is 3. The molecule has 2 aliphatic heterocycles. The van der Waals surface area contributed by atoms with E-state index in [1.807, 2.05) is 12.3 Å². The van der Waals surface area contributed by atoms with E-state index in [4.69, 9.17) is 0 Å². The predicted molar refractivity (Wildman–Crippen MR) is 184 cm³/mol. The number of aryl methyl sites for hydroxylation is 2. The van der Waals surface area contributed by atoms with Crippen LogP contribution in [-0.2, 0) is 23.2 Å². The van der Waals surface area contributed by atoms with Gasteiger partial charge in [0.05, 0.1) is 5.41 Å². The number of rotatable bonds is 9. The third kappa shape index (κ3) is 5.70. The minimum absolute atomic E-state index is 0.287. The molecule has 4 heterocycles. The summed E-state index contributed by atoms with van der Waals surface area (Å²) in [6.45, 7) is 10.2. The molecule has 2 aliphatic rings. The summed E-state index contributed by atoms with van der Waals surface area (Å²) in [6, 6.07) is 27.1. The zero-order chi connectivity index (χ0) is 31.1. The van der Waals surface area contributed by atoms with Gasteiger partial charge in [0.25, 0.3) is 0 Å². The zero-order valence-corrected chi connectivity index (χ0v) is 27.0. The van der Waals surface area contributed by atoms with Gasteiger partial charge in [-0.25, -0.2) is 0 Å². The van der Waals surface area contributed by atoms with Crippen molar-refractivity contribution >= 4 is 16.8 Å². The largest absolute Gasteiger partial charge is 0.354 e. The van der Waals surface area contributed by atoms with Crippen LogP contribution in [-0.4, -0.2) is 39.4 Å². The lowest BCUT2D eigenvalue weighted by Crippen LogP contribution is -2.45. The lowest BCUT2D eigenvalue weighted by Gasteiger charge is -2.33. The van der Waals surface area contributed by atoms with Crippen LogP contribution in [0, 0.1) is 13.8 Å². The molecule has 3 aromatic carbocycles. The molecular weight excluding hydrogens is 552 g/mol. The number of amides is 1. The van der Waals surface area contributed by atoms with E-state index in [1.54, 1.807) is 6.20 Å². The van der Waals surface area contributed by atoms with Crippen LogP contribution < -0.4 is 5.32 Å². The molecule has 0 saturated carbocycles. The van der Waals surface area contributed by atoms with Crippen LogP contribution >= 0.6 is 0 Å². The van der Waals surface area contributed by atoms with Gasteiger partial charge in [-0.2, -0.15) is 0 Å². The van der Waals surface area contributed by atoms with E-state index < -0.39 is 5.41 Å². The number of nitrogens with one attached hydrogen (secondary N) is 2. The summed E-state index contributed by atoms with van der Waals surface area (Å²) in [7, 11) is 0. The van der Waals surface area contributed by atoms with Crippen LogP contribution in [0.25, 0.3) is 33.3 Å². The first-order chi connectivity index (χ1) is 21.8. The van der Waals surface area contributed by atoms with Crippen molar-refractivity contribution in [3.63, 3.8) is 0 Å². The monoisotopic (exact) mass is 596 g/mol. The second-order valence-corrected chi connectivity index (χ2v) is 13.8. The number of aromatic amines is 1. The van der Waals surface area contributed by atoms with Gasteiger partial charge in [0.1, 0.15) is 0 Å². The van der Waals surface area contributed by atoms with Crippen molar-refractivity contribution < 1.29 is 4.79 Å². The van der Waals surface area contributed by atoms with E-state index >= 15 is 0 Å². The summed E-state index contributed by atoms with van der Waals surface area (Å²) in [6.07, 6.45) is 9.23. The Labute approximate surface area is 267 Å². The van der Waals surface area contributed by atoms with Crippen molar-refractivity contribution in [2.45, 2.75) is 83.8 Å². The quantitative estimate of drug-likeness (QED) is 0.168. The molecule has 0 spiro atoms. The van der Waals surface area contributed by atoms with Gasteiger partial charge in [-0.1, -0.05) is 53.6 Å². The molecular formula is C40H44N4O. The summed E-state index contributed by atoms with van der Waals surface area (Å²) in [5.41, 5.74) is 11.4. The topological polar surface area (TPSA) is 61.0 Å². The third-order valence-corrected chi connectivity index (χ3v) is 10.2. The number of hydrogen-bond donors (Lipinski definition) is 2. The molecule has 0 radical (unpaired) electrons. The van der Waals surface area contributed by atoms with Crippen LogP contribution in [0.3, 0.4) is 0 Å². The fraction of sp³-hybridized carbons (Fsp3) is 0.350. The molecule has 2 saturated heterocycles. The standard InChI is InChI=1S/C40H44N4O/c1-26-20-27(2)22-31(21-26)38-35(17-19-42-24-28-7-9-29(10-8-28)30-6-5-18-41-25-30)36-23-32(11-16-37(36)43-38)40(3,4)39(45)44-33-12-13-34(44)15-14-33/h5-11,16,18,20-23,25,33-34,42-43H,12-15,17,19,24H2,1-4H3. The SMILES string of the molecule is Cc1cc(C)cc(-c2[nH]c3ccc(C(C)(C)C(=O)N4C5CCC4CC5)cc3c2CCNCc2ccc(-c3cccnc3)cc2)c1. The van der Waals surface area contributed by atoms with Crippen molar-refractivity contribution in [2.24, 2.45) is 0 Å². The van der Waals surface area contributed by atoms with E-state index in [0.29, 0.717) is 12.1 Å². The molecule has 0 aliphatic carbocycles. The smallest absolute Gasteiger partial charge is 0.233 e. The minimum atomic E-state index is -0.575. The second-order valence-electron chi connectivity index (χ2n) is 13.8. The number of H-pyrrole nitrogens is 1. The molecule has 1 amide bonds. The average Bonchev–Trinajstić information content (AvgIpc) is 3.75. The van der Waals surface area contributed by atoms with E-state index in [-0.39, 0.29) is 5.91 Å². The molecule has 2 N–H and O–H groups in total. The van der Waals surface area contributed by atoms with Crippen molar-refractivity contribution in [1.29, 1.82) is 0 Å². The Morgan fingerprint density at radius 3 is 2.27 bits per heavy atom. The van der Waals surface area contributed by atoms with Gasteiger partial charge >= 0.3 is 0 Å². The van der Waals surface area contributed by atoms with Crippen LogP contribution in [0.2, 0.25) is 0 Å². The predicted octanol–water partition coefficient (Wildman–Crippen LogP) is 8.28. The van der Waals surface area contributed by atoms with Crippen LogP contribution in [0.5, 0.6) is 0 Å². The number of carbonyl (C=O) groups is 1. The highest BCUT2D eigenvalue weighted by Crippen LogP contribution is 2.42. The first-order valence-corrected chi connectivity index (χ1v) is 16.5. The molecule has 5 aromatic rings. The molecule has 2 fully saturated rings. The number of carbonyl (C=O) groups excluding carboxylic acids is 1. The van der Waals surface area contributed by atoms with Crippen LogP contribution in [0.1, 0.15) is 67.3 Å². The Hall–Kier alpha value is -4.22. The summed E-state index contributed by atoms with van der Waals surface area (Å²) in [4.78, 5) is 24.3. The van der Waals surface area contributed by atoms with Crippen molar-refractivity contribution in [2.75, 3.05) is 6.54 Å². The molecule has 7 rings (SSSR count). The van der Waals surface area contributed by atoms with Crippen molar-refractivity contribution in [1.82, 2.24) is 20.2 Å². The molecule has 230 valence electrons. The lowest BCUT2D eigenvalue weighted by molar-refractivity contribution is -0.137. The Morgan fingerprint density at radius 1 is 0.889 bits per heavy atom. The first kappa shape index (κ1) is 29.5. The van der Waals surface area contributed by atoms with Gasteiger partial charge in [-0.05, 0) is 130 Å². The number of fused-ring (bicyclic) bond motifs is 3. The summed E-state index contributed by atoms with van der Waals surface area (Å²) < 4.78 is 0. The maximum Gasteiger partial charge on any atom is 0.233 e. The van der Waals surface area contributed by atoms with E-state index in [2.05, 4.69) is 115 Å². The van der Waals surface area contributed by atoms with Gasteiger partial charge in [0.15, 0.2) is 0 Å². The van der Waals surface area contributed by atoms with Crippen molar-refractivity contribution in [3.8, 4) is 22.4 Å².